The van der Waals surface area contributed by atoms with Gasteiger partial charge in [0.05, 0.1) is 16.6 Å². The van der Waals surface area contributed by atoms with Gasteiger partial charge in [0.2, 0.25) is 0 Å². The molecule has 0 bridgehead atoms. The molecule has 0 aliphatic heterocycles. The first kappa shape index (κ1) is 24.6. The summed E-state index contributed by atoms with van der Waals surface area (Å²) in [4.78, 5) is 18.6. The van der Waals surface area contributed by atoms with Gasteiger partial charge >= 0.3 is 6.18 Å². The Bertz CT molecular complexity index is 1300. The highest BCUT2D eigenvalue weighted by Gasteiger charge is 2.30. The van der Waals surface area contributed by atoms with E-state index in [1.807, 2.05) is 30.3 Å². The zero-order valence-electron chi connectivity index (χ0n) is 20.1. The lowest BCUT2D eigenvalue weighted by Crippen LogP contribution is -2.32. The fourth-order valence-electron chi connectivity index (χ4n) is 4.14. The first-order valence-corrected chi connectivity index (χ1v) is 11.6. The van der Waals surface area contributed by atoms with Crippen molar-refractivity contribution in [1.29, 1.82) is 0 Å². The van der Waals surface area contributed by atoms with Gasteiger partial charge in [-0.05, 0) is 52.8 Å². The van der Waals surface area contributed by atoms with Crippen LogP contribution in [0.25, 0.3) is 10.9 Å². The molecule has 0 aliphatic carbocycles. The van der Waals surface area contributed by atoms with Gasteiger partial charge in [0.1, 0.15) is 0 Å². The summed E-state index contributed by atoms with van der Waals surface area (Å²) in [6.07, 6.45) is -2.11. The Hall–Kier alpha value is -3.54. The van der Waals surface area contributed by atoms with E-state index < -0.39 is 11.7 Å². The number of carbonyl (C=O) groups excluding carboxylic acids is 1. The maximum absolute atomic E-state index is 13.7. The number of alkyl halides is 3. The molecule has 0 spiro atoms. The van der Waals surface area contributed by atoms with Crippen molar-refractivity contribution in [2.24, 2.45) is 0 Å². The van der Waals surface area contributed by atoms with Gasteiger partial charge in [-0.25, -0.2) is 0 Å². The number of benzene rings is 3. The molecule has 0 radical (unpaired) electrons. The summed E-state index contributed by atoms with van der Waals surface area (Å²) >= 11 is 0. The molecule has 3 aromatic carbocycles. The number of nitrogens with zero attached hydrogens (tertiary/aromatic N) is 1. The molecule has 0 saturated carbocycles. The molecular weight excluding hydrogens is 449 g/mol. The Balaban J connectivity index is 1.59. The molecule has 0 fully saturated rings. The van der Waals surface area contributed by atoms with Crippen molar-refractivity contribution < 1.29 is 18.0 Å². The van der Waals surface area contributed by atoms with Crippen LogP contribution in [-0.2, 0) is 24.6 Å². The fourth-order valence-corrected chi connectivity index (χ4v) is 4.14. The topological polar surface area (TPSA) is 36.1 Å². The number of para-hydroxylation sites is 1. The van der Waals surface area contributed by atoms with E-state index in [2.05, 4.69) is 37.9 Å². The predicted molar refractivity (Wildman–Crippen MR) is 133 cm³/mol. The minimum Gasteiger partial charge on any atom is -0.361 e. The van der Waals surface area contributed by atoms with Crippen LogP contribution in [-0.4, -0.2) is 22.3 Å². The lowest BCUT2D eigenvalue weighted by Gasteiger charge is -2.24. The highest BCUT2D eigenvalue weighted by Crippen LogP contribution is 2.29. The van der Waals surface area contributed by atoms with E-state index in [-0.39, 0.29) is 11.3 Å². The standard InChI is InChI=1S/C29H29F3N2O/c1-28(2,3)23-11-9-21(10-12-23)19-34(18-16-20-7-13-24(14-8-20)29(30,31)32)27(35)25-6-4-5-22-15-17-33-26(22)25/h4-15,17,33H,16,18-19H2,1-3H3. The van der Waals surface area contributed by atoms with Gasteiger partial charge in [0.15, 0.2) is 0 Å². The Labute approximate surface area is 203 Å². The van der Waals surface area contributed by atoms with Gasteiger partial charge in [0, 0.05) is 24.7 Å². The molecular formula is C29H29F3N2O. The Morgan fingerprint density at radius 3 is 2.09 bits per heavy atom. The van der Waals surface area contributed by atoms with Crippen LogP contribution < -0.4 is 0 Å². The van der Waals surface area contributed by atoms with Crippen molar-refractivity contribution in [2.45, 2.75) is 45.3 Å². The van der Waals surface area contributed by atoms with E-state index in [1.165, 1.54) is 17.7 Å². The van der Waals surface area contributed by atoms with Gasteiger partial charge in [-0.15, -0.1) is 0 Å². The molecule has 1 aromatic heterocycles. The Kier molecular flexibility index (Phi) is 6.75. The number of aromatic nitrogens is 1. The van der Waals surface area contributed by atoms with Crippen molar-refractivity contribution in [1.82, 2.24) is 9.88 Å². The number of hydrogen-bond acceptors (Lipinski definition) is 1. The zero-order chi connectivity index (χ0) is 25.2. The van der Waals surface area contributed by atoms with Crippen LogP contribution in [0.4, 0.5) is 13.2 Å². The van der Waals surface area contributed by atoms with Crippen LogP contribution in [0.1, 0.15) is 53.4 Å². The molecule has 1 heterocycles. The van der Waals surface area contributed by atoms with E-state index in [4.69, 9.17) is 0 Å². The summed E-state index contributed by atoms with van der Waals surface area (Å²) in [5, 5.41) is 0.952. The van der Waals surface area contributed by atoms with Crippen molar-refractivity contribution in [2.75, 3.05) is 6.54 Å². The summed E-state index contributed by atoms with van der Waals surface area (Å²) < 4.78 is 38.8. The Morgan fingerprint density at radius 2 is 1.46 bits per heavy atom. The molecule has 0 unspecified atom stereocenters. The van der Waals surface area contributed by atoms with E-state index in [9.17, 15) is 18.0 Å². The first-order valence-electron chi connectivity index (χ1n) is 11.6. The number of H-pyrrole nitrogens is 1. The van der Waals surface area contributed by atoms with E-state index >= 15 is 0 Å². The number of carbonyl (C=O) groups is 1. The maximum Gasteiger partial charge on any atom is 0.416 e. The second-order valence-electron chi connectivity index (χ2n) is 9.87. The van der Waals surface area contributed by atoms with E-state index in [1.54, 1.807) is 17.2 Å². The van der Waals surface area contributed by atoms with Crippen LogP contribution in [0, 0.1) is 0 Å². The third-order valence-electron chi connectivity index (χ3n) is 6.25. The highest BCUT2D eigenvalue weighted by molar-refractivity contribution is 6.05. The molecule has 0 saturated heterocycles. The molecule has 3 nitrogen and oxygen atoms in total. The second kappa shape index (κ2) is 9.61. The molecule has 4 rings (SSSR count). The average molecular weight is 479 g/mol. The molecule has 0 atom stereocenters. The summed E-state index contributed by atoms with van der Waals surface area (Å²) in [7, 11) is 0. The van der Waals surface area contributed by atoms with Crippen molar-refractivity contribution >= 4 is 16.8 Å². The number of halogens is 3. The largest absolute Gasteiger partial charge is 0.416 e. The van der Waals surface area contributed by atoms with Crippen LogP contribution in [0.3, 0.4) is 0 Å². The minimum absolute atomic E-state index is 0.0277. The molecule has 4 aromatic rings. The number of aromatic amines is 1. The SMILES string of the molecule is CC(C)(C)c1ccc(CN(CCc2ccc(C(F)(F)F)cc2)C(=O)c2cccc3cc[nH]c23)cc1. The normalized spacial score (nSPS) is 12.2. The molecule has 1 N–H and O–H groups in total. The van der Waals surface area contributed by atoms with Crippen LogP contribution in [0.5, 0.6) is 0 Å². The van der Waals surface area contributed by atoms with Crippen LogP contribution in [0.2, 0.25) is 0 Å². The number of hydrogen-bond donors (Lipinski definition) is 1. The smallest absolute Gasteiger partial charge is 0.361 e. The van der Waals surface area contributed by atoms with Crippen molar-refractivity contribution in [3.8, 4) is 0 Å². The van der Waals surface area contributed by atoms with E-state index in [0.717, 1.165) is 34.2 Å². The van der Waals surface area contributed by atoms with Crippen molar-refractivity contribution in [3.63, 3.8) is 0 Å². The summed E-state index contributed by atoms with van der Waals surface area (Å²) in [6.45, 7) is 7.24. The molecule has 6 heteroatoms. The van der Waals surface area contributed by atoms with Crippen molar-refractivity contribution in [3.05, 3.63) is 107 Å². The van der Waals surface area contributed by atoms with Crippen LogP contribution in [0.15, 0.2) is 79.0 Å². The Morgan fingerprint density at radius 1 is 0.829 bits per heavy atom. The molecule has 35 heavy (non-hydrogen) atoms. The zero-order valence-corrected chi connectivity index (χ0v) is 20.1. The van der Waals surface area contributed by atoms with Gasteiger partial charge < -0.3 is 9.88 Å². The van der Waals surface area contributed by atoms with Gasteiger partial charge in [0.25, 0.3) is 5.91 Å². The van der Waals surface area contributed by atoms with E-state index in [0.29, 0.717) is 25.1 Å². The quantitative estimate of drug-likeness (QED) is 0.309. The highest BCUT2D eigenvalue weighted by atomic mass is 19.4. The van der Waals surface area contributed by atoms with Crippen LogP contribution >= 0.6 is 0 Å². The monoisotopic (exact) mass is 478 g/mol. The number of amides is 1. The van der Waals surface area contributed by atoms with Gasteiger partial charge in [-0.1, -0.05) is 69.3 Å². The molecule has 0 aliphatic rings. The number of nitrogens with one attached hydrogen (secondary N) is 1. The number of rotatable bonds is 6. The van der Waals surface area contributed by atoms with Gasteiger partial charge in [-0.3, -0.25) is 4.79 Å². The third kappa shape index (κ3) is 5.76. The molecule has 182 valence electrons. The predicted octanol–water partition coefficient (Wildman–Crippen LogP) is 7.37. The summed E-state index contributed by atoms with van der Waals surface area (Å²) in [5.41, 5.74) is 3.66. The maximum atomic E-state index is 13.7. The lowest BCUT2D eigenvalue weighted by atomic mass is 9.87. The number of fused-ring (bicyclic) bond motifs is 1. The average Bonchev–Trinajstić information content (AvgIpc) is 3.30. The summed E-state index contributed by atoms with van der Waals surface area (Å²) in [6, 6.07) is 20.9. The molecule has 1 amide bonds. The lowest BCUT2D eigenvalue weighted by molar-refractivity contribution is -0.137. The summed E-state index contributed by atoms with van der Waals surface area (Å²) in [5.74, 6) is -0.121. The second-order valence-corrected chi connectivity index (χ2v) is 9.87. The fraction of sp³-hybridized carbons (Fsp3) is 0.276. The van der Waals surface area contributed by atoms with Gasteiger partial charge in [-0.2, -0.15) is 13.2 Å². The first-order chi connectivity index (χ1) is 16.5. The third-order valence-corrected chi connectivity index (χ3v) is 6.25. The minimum atomic E-state index is -4.37.